The molecule has 2 heteroatoms. The van der Waals surface area contributed by atoms with Gasteiger partial charge in [0.05, 0.1) is 0 Å². The first-order chi connectivity index (χ1) is 6.56. The molecule has 1 aromatic carbocycles. The topological polar surface area (TPSA) is 26.0 Å². The Morgan fingerprint density at radius 3 is 2.33 bits per heavy atom. The van der Waals surface area contributed by atoms with Gasteiger partial charge in [0.2, 0.25) is 0 Å². The first-order valence-electron chi connectivity index (χ1n) is 5.39. The predicted molar refractivity (Wildman–Crippen MR) is 69.5 cm³/mol. The maximum Gasteiger partial charge on any atom is 0.0323 e. The average Bonchev–Trinajstić information content (AvgIpc) is 2.15. The van der Waals surface area contributed by atoms with Gasteiger partial charge in [-0.05, 0) is 30.9 Å². The van der Waals surface area contributed by atoms with Gasteiger partial charge in [0.1, 0.15) is 0 Å². The molecule has 0 aliphatic heterocycles. The zero-order valence-electron chi connectivity index (χ0n) is 10.1. The van der Waals surface area contributed by atoms with Crippen LogP contribution < -0.4 is 5.73 Å². The molecule has 0 spiro atoms. The highest BCUT2D eigenvalue weighted by Crippen LogP contribution is 2.24. The van der Waals surface area contributed by atoms with Gasteiger partial charge in [0, 0.05) is 6.04 Å². The van der Waals surface area contributed by atoms with E-state index in [-0.39, 0.29) is 18.4 Å². The van der Waals surface area contributed by atoms with Crippen molar-refractivity contribution in [3.63, 3.8) is 0 Å². The lowest BCUT2D eigenvalue weighted by molar-refractivity contribution is 0.455. The second kappa shape index (κ2) is 6.14. The van der Waals surface area contributed by atoms with Gasteiger partial charge in [-0.3, -0.25) is 0 Å². The van der Waals surface area contributed by atoms with E-state index in [1.807, 2.05) is 0 Å². The molecular weight excluding hydrogens is 206 g/mol. The van der Waals surface area contributed by atoms with Crippen molar-refractivity contribution in [2.45, 2.75) is 40.2 Å². The highest BCUT2D eigenvalue weighted by molar-refractivity contribution is 5.85. The summed E-state index contributed by atoms with van der Waals surface area (Å²) in [5.41, 5.74) is 10.1. The third-order valence-electron chi connectivity index (χ3n) is 3.04. The van der Waals surface area contributed by atoms with E-state index in [9.17, 15) is 0 Å². The molecule has 1 rings (SSSR count). The lowest BCUT2D eigenvalue weighted by Gasteiger charge is -2.20. The van der Waals surface area contributed by atoms with Crippen LogP contribution in [0.4, 0.5) is 0 Å². The largest absolute Gasteiger partial charge is 0.324 e. The molecule has 2 N–H and O–H groups in total. The second-order valence-electron chi connectivity index (χ2n) is 4.27. The van der Waals surface area contributed by atoms with Gasteiger partial charge in [-0.2, -0.15) is 0 Å². The normalized spacial score (nSPS) is 14.2. The van der Waals surface area contributed by atoms with Gasteiger partial charge >= 0.3 is 0 Å². The Labute approximate surface area is 99.5 Å². The summed E-state index contributed by atoms with van der Waals surface area (Å²) in [7, 11) is 0. The van der Waals surface area contributed by atoms with Gasteiger partial charge in [-0.25, -0.2) is 0 Å². The molecule has 0 aromatic heterocycles. The average molecular weight is 228 g/mol. The fraction of sp³-hybridized carbons (Fsp3) is 0.538. The number of nitrogens with two attached hydrogens (primary N) is 1. The number of benzene rings is 1. The SMILES string of the molecule is CCC(C)[C@@H](N)c1ccc(C)cc1C.Cl. The van der Waals surface area contributed by atoms with Gasteiger partial charge in [-0.15, -0.1) is 12.4 Å². The van der Waals surface area contributed by atoms with Crippen molar-refractivity contribution in [2.75, 3.05) is 0 Å². The monoisotopic (exact) mass is 227 g/mol. The predicted octanol–water partition coefficient (Wildman–Crippen LogP) is 3.77. The lowest BCUT2D eigenvalue weighted by Crippen LogP contribution is -2.19. The molecule has 0 fully saturated rings. The smallest absolute Gasteiger partial charge is 0.0323 e. The fourth-order valence-corrected chi connectivity index (χ4v) is 1.76. The van der Waals surface area contributed by atoms with Crippen molar-refractivity contribution < 1.29 is 0 Å². The molecule has 1 unspecified atom stereocenters. The van der Waals surface area contributed by atoms with Gasteiger partial charge in [-0.1, -0.05) is 44.0 Å². The lowest BCUT2D eigenvalue weighted by atomic mass is 9.90. The molecule has 2 atom stereocenters. The van der Waals surface area contributed by atoms with E-state index in [0.29, 0.717) is 5.92 Å². The van der Waals surface area contributed by atoms with E-state index in [0.717, 1.165) is 6.42 Å². The minimum Gasteiger partial charge on any atom is -0.324 e. The van der Waals surface area contributed by atoms with Crippen LogP contribution in [0.5, 0.6) is 0 Å². The number of halogens is 1. The van der Waals surface area contributed by atoms with Crippen molar-refractivity contribution in [2.24, 2.45) is 11.7 Å². The molecule has 0 saturated carbocycles. The Bertz CT molecular complexity index is 309. The van der Waals surface area contributed by atoms with E-state index >= 15 is 0 Å². The highest BCUT2D eigenvalue weighted by Gasteiger charge is 2.14. The Kier molecular flexibility index (Phi) is 5.92. The van der Waals surface area contributed by atoms with Gasteiger partial charge in [0.25, 0.3) is 0 Å². The minimum atomic E-state index is 0. The molecule has 1 aromatic rings. The standard InChI is InChI=1S/C13H21N.ClH/c1-5-10(3)13(14)12-7-6-9(2)8-11(12)4;/h6-8,10,13H,5,14H2,1-4H3;1H/t10?,13-;/m1./s1. The Morgan fingerprint density at radius 1 is 1.27 bits per heavy atom. The summed E-state index contributed by atoms with van der Waals surface area (Å²) in [5.74, 6) is 0.552. The van der Waals surface area contributed by atoms with Crippen molar-refractivity contribution >= 4 is 12.4 Å². The van der Waals surface area contributed by atoms with Crippen LogP contribution in [0.3, 0.4) is 0 Å². The molecule has 0 saturated heterocycles. The summed E-state index contributed by atoms with van der Waals surface area (Å²) in [4.78, 5) is 0. The van der Waals surface area contributed by atoms with Crippen LogP contribution in [0, 0.1) is 19.8 Å². The molecule has 1 nitrogen and oxygen atoms in total. The van der Waals surface area contributed by atoms with Crippen LogP contribution in [0.25, 0.3) is 0 Å². The number of hydrogen-bond acceptors (Lipinski definition) is 1. The van der Waals surface area contributed by atoms with Crippen LogP contribution in [0.2, 0.25) is 0 Å². The third-order valence-corrected chi connectivity index (χ3v) is 3.04. The van der Waals surface area contributed by atoms with Crippen LogP contribution in [0.15, 0.2) is 18.2 Å². The first kappa shape index (κ1) is 14.5. The third kappa shape index (κ3) is 3.51. The number of aryl methyl sites for hydroxylation is 2. The Balaban J connectivity index is 0.00000196. The molecule has 0 aliphatic rings. The Morgan fingerprint density at radius 2 is 1.87 bits per heavy atom. The minimum absolute atomic E-state index is 0. The van der Waals surface area contributed by atoms with Crippen LogP contribution >= 0.6 is 12.4 Å². The van der Waals surface area contributed by atoms with E-state index in [4.69, 9.17) is 5.73 Å². The summed E-state index contributed by atoms with van der Waals surface area (Å²) >= 11 is 0. The molecule has 0 amide bonds. The van der Waals surface area contributed by atoms with Crippen molar-refractivity contribution in [1.82, 2.24) is 0 Å². The van der Waals surface area contributed by atoms with Crippen molar-refractivity contribution in [3.8, 4) is 0 Å². The fourth-order valence-electron chi connectivity index (χ4n) is 1.76. The van der Waals surface area contributed by atoms with Gasteiger partial charge in [0.15, 0.2) is 0 Å². The Hall–Kier alpha value is -0.530. The number of hydrogen-bond donors (Lipinski definition) is 1. The maximum absolute atomic E-state index is 6.20. The zero-order chi connectivity index (χ0) is 10.7. The van der Waals surface area contributed by atoms with Crippen LogP contribution in [-0.2, 0) is 0 Å². The van der Waals surface area contributed by atoms with E-state index in [1.54, 1.807) is 0 Å². The first-order valence-corrected chi connectivity index (χ1v) is 5.39. The molecule has 0 aliphatic carbocycles. The maximum atomic E-state index is 6.20. The summed E-state index contributed by atoms with van der Waals surface area (Å²) in [6.07, 6.45) is 1.13. The summed E-state index contributed by atoms with van der Waals surface area (Å²) in [6, 6.07) is 6.70. The summed E-state index contributed by atoms with van der Waals surface area (Å²) < 4.78 is 0. The van der Waals surface area contributed by atoms with E-state index in [1.165, 1.54) is 16.7 Å². The van der Waals surface area contributed by atoms with Crippen molar-refractivity contribution in [3.05, 3.63) is 34.9 Å². The van der Waals surface area contributed by atoms with Gasteiger partial charge < -0.3 is 5.73 Å². The van der Waals surface area contributed by atoms with E-state index in [2.05, 4.69) is 45.9 Å². The number of rotatable bonds is 3. The quantitative estimate of drug-likeness (QED) is 0.836. The molecule has 86 valence electrons. The van der Waals surface area contributed by atoms with Crippen LogP contribution in [0.1, 0.15) is 43.0 Å². The van der Waals surface area contributed by atoms with E-state index < -0.39 is 0 Å². The molecule has 0 radical (unpaired) electrons. The second-order valence-corrected chi connectivity index (χ2v) is 4.27. The molecule has 0 heterocycles. The highest BCUT2D eigenvalue weighted by atomic mass is 35.5. The summed E-state index contributed by atoms with van der Waals surface area (Å²) in [5, 5.41) is 0. The van der Waals surface area contributed by atoms with Crippen molar-refractivity contribution in [1.29, 1.82) is 0 Å². The van der Waals surface area contributed by atoms with Crippen LogP contribution in [-0.4, -0.2) is 0 Å². The molecular formula is C13H22ClN. The zero-order valence-corrected chi connectivity index (χ0v) is 10.9. The summed E-state index contributed by atoms with van der Waals surface area (Å²) in [6.45, 7) is 8.66. The molecule has 0 bridgehead atoms. The molecule has 15 heavy (non-hydrogen) atoms.